The molecule has 1 heterocycles. The first kappa shape index (κ1) is 11.4. The molecule has 0 bridgehead atoms. The van der Waals surface area contributed by atoms with Gasteiger partial charge in [0.25, 0.3) is 0 Å². The summed E-state index contributed by atoms with van der Waals surface area (Å²) >= 11 is 7.66. The maximum atomic E-state index is 5.94. The van der Waals surface area contributed by atoms with Crippen LogP contribution in [0.25, 0.3) is 0 Å². The van der Waals surface area contributed by atoms with Gasteiger partial charge in [0, 0.05) is 10.9 Å². The zero-order chi connectivity index (χ0) is 10.7. The van der Waals surface area contributed by atoms with Crippen molar-refractivity contribution >= 4 is 22.9 Å². The summed E-state index contributed by atoms with van der Waals surface area (Å²) in [5, 5.41) is 3.47. The molecule has 1 unspecified atom stereocenters. The molecule has 0 spiro atoms. The number of thiophene rings is 1. The van der Waals surface area contributed by atoms with Crippen molar-refractivity contribution in [1.82, 2.24) is 5.32 Å². The summed E-state index contributed by atoms with van der Waals surface area (Å²) in [6, 6.07) is 4.80. The van der Waals surface area contributed by atoms with E-state index in [2.05, 4.69) is 18.4 Å². The fourth-order valence-electron chi connectivity index (χ4n) is 2.54. The van der Waals surface area contributed by atoms with Crippen LogP contribution in [0.3, 0.4) is 0 Å². The quantitative estimate of drug-likeness (QED) is 0.850. The molecular formula is C12H18ClNS. The minimum absolute atomic E-state index is 0.641. The Labute approximate surface area is 101 Å². The molecule has 1 aromatic rings. The van der Waals surface area contributed by atoms with Crippen LogP contribution in [0.2, 0.25) is 4.34 Å². The second kappa shape index (κ2) is 5.33. The predicted octanol–water partition coefficient (Wildman–Crippen LogP) is 3.72. The summed E-state index contributed by atoms with van der Waals surface area (Å²) in [4.78, 5) is 1.41. The van der Waals surface area contributed by atoms with E-state index in [4.69, 9.17) is 11.6 Å². The summed E-state index contributed by atoms with van der Waals surface area (Å²) in [5.41, 5.74) is 0. The Balaban J connectivity index is 1.95. The van der Waals surface area contributed by atoms with Crippen LogP contribution in [0.1, 0.15) is 30.6 Å². The maximum Gasteiger partial charge on any atom is 0.0931 e. The molecule has 1 aliphatic rings. The van der Waals surface area contributed by atoms with E-state index >= 15 is 0 Å². The fraction of sp³-hybridized carbons (Fsp3) is 0.667. The smallest absolute Gasteiger partial charge is 0.0931 e. The topological polar surface area (TPSA) is 12.0 Å². The van der Waals surface area contributed by atoms with E-state index in [9.17, 15) is 0 Å². The minimum atomic E-state index is 0.641. The lowest BCUT2D eigenvalue weighted by Gasteiger charge is -2.22. The molecule has 0 aliphatic heterocycles. The Morgan fingerprint density at radius 3 is 2.73 bits per heavy atom. The van der Waals surface area contributed by atoms with Gasteiger partial charge in [-0.15, -0.1) is 11.3 Å². The van der Waals surface area contributed by atoms with Crippen LogP contribution in [0, 0.1) is 5.92 Å². The van der Waals surface area contributed by atoms with E-state index in [-0.39, 0.29) is 0 Å². The molecule has 0 saturated heterocycles. The second-order valence-corrected chi connectivity index (χ2v) is 6.15. The zero-order valence-corrected chi connectivity index (χ0v) is 10.7. The Morgan fingerprint density at radius 1 is 1.47 bits per heavy atom. The highest BCUT2D eigenvalue weighted by molar-refractivity contribution is 7.16. The molecule has 2 rings (SSSR count). The van der Waals surface area contributed by atoms with Crippen LogP contribution < -0.4 is 5.32 Å². The average molecular weight is 244 g/mol. The molecule has 1 aromatic heterocycles. The van der Waals surface area contributed by atoms with Gasteiger partial charge in [-0.1, -0.05) is 24.4 Å². The minimum Gasteiger partial charge on any atom is -0.316 e. The lowest BCUT2D eigenvalue weighted by Crippen LogP contribution is -2.34. The average Bonchev–Trinajstić information content (AvgIpc) is 2.85. The van der Waals surface area contributed by atoms with Crippen LogP contribution in [-0.4, -0.2) is 13.1 Å². The van der Waals surface area contributed by atoms with Crippen LogP contribution in [0.5, 0.6) is 0 Å². The number of likely N-dealkylation sites (N-methyl/N-ethyl adjacent to an activating group) is 1. The number of nitrogens with one attached hydrogen (secondary N) is 1. The van der Waals surface area contributed by atoms with Crippen molar-refractivity contribution in [3.05, 3.63) is 21.3 Å². The van der Waals surface area contributed by atoms with Gasteiger partial charge in [-0.2, -0.15) is 0 Å². The van der Waals surface area contributed by atoms with Gasteiger partial charge < -0.3 is 5.32 Å². The molecule has 1 N–H and O–H groups in total. The molecule has 1 atom stereocenters. The Bertz CT molecular complexity index is 304. The van der Waals surface area contributed by atoms with E-state index in [1.165, 1.54) is 30.6 Å². The molecule has 0 radical (unpaired) electrons. The zero-order valence-electron chi connectivity index (χ0n) is 9.13. The summed E-state index contributed by atoms with van der Waals surface area (Å²) in [5.74, 6) is 0.871. The van der Waals surface area contributed by atoms with E-state index in [0.29, 0.717) is 6.04 Å². The van der Waals surface area contributed by atoms with Crippen LogP contribution in [-0.2, 0) is 6.42 Å². The molecule has 0 amide bonds. The molecule has 1 nitrogen and oxygen atoms in total. The van der Waals surface area contributed by atoms with Crippen LogP contribution in [0.15, 0.2) is 12.1 Å². The number of hydrogen-bond donors (Lipinski definition) is 1. The van der Waals surface area contributed by atoms with Crippen molar-refractivity contribution in [3.63, 3.8) is 0 Å². The summed E-state index contributed by atoms with van der Waals surface area (Å²) in [6.07, 6.45) is 6.75. The van der Waals surface area contributed by atoms with Gasteiger partial charge in [0.05, 0.1) is 4.34 Å². The number of hydrogen-bond acceptors (Lipinski definition) is 2. The fourth-order valence-corrected chi connectivity index (χ4v) is 3.69. The second-order valence-electron chi connectivity index (χ2n) is 4.35. The van der Waals surface area contributed by atoms with Crippen molar-refractivity contribution in [2.45, 2.75) is 38.1 Å². The van der Waals surface area contributed by atoms with Crippen molar-refractivity contribution in [2.75, 3.05) is 7.05 Å². The van der Waals surface area contributed by atoms with E-state index < -0.39 is 0 Å². The molecule has 3 heteroatoms. The summed E-state index contributed by atoms with van der Waals surface area (Å²) in [6.45, 7) is 0. The standard InChI is InChI=1S/C12H18ClNS/c1-14-11(9-4-2-3-5-9)8-10-6-7-12(13)15-10/h6-7,9,11,14H,2-5,8H2,1H3. The van der Waals surface area contributed by atoms with Gasteiger partial charge >= 0.3 is 0 Å². The normalized spacial score (nSPS) is 19.6. The highest BCUT2D eigenvalue weighted by Crippen LogP contribution is 2.31. The van der Waals surface area contributed by atoms with Gasteiger partial charge in [0.1, 0.15) is 0 Å². The van der Waals surface area contributed by atoms with Gasteiger partial charge in [-0.3, -0.25) is 0 Å². The molecule has 1 aliphatic carbocycles. The molecule has 1 fully saturated rings. The third-order valence-corrected chi connectivity index (χ3v) is 4.64. The van der Waals surface area contributed by atoms with Crippen molar-refractivity contribution in [3.8, 4) is 0 Å². The molecule has 0 aromatic carbocycles. The lowest BCUT2D eigenvalue weighted by atomic mass is 9.95. The molecule has 84 valence electrons. The monoisotopic (exact) mass is 243 g/mol. The lowest BCUT2D eigenvalue weighted by molar-refractivity contribution is 0.379. The van der Waals surface area contributed by atoms with Crippen molar-refractivity contribution < 1.29 is 0 Å². The highest BCUT2D eigenvalue weighted by atomic mass is 35.5. The number of rotatable bonds is 4. The highest BCUT2D eigenvalue weighted by Gasteiger charge is 2.24. The predicted molar refractivity (Wildman–Crippen MR) is 67.8 cm³/mol. The first-order valence-corrected chi connectivity index (χ1v) is 6.90. The molecule has 1 saturated carbocycles. The molecule has 15 heavy (non-hydrogen) atoms. The summed E-state index contributed by atoms with van der Waals surface area (Å²) in [7, 11) is 2.08. The van der Waals surface area contributed by atoms with Gasteiger partial charge in [0.15, 0.2) is 0 Å². The first-order chi connectivity index (χ1) is 7.29. The van der Waals surface area contributed by atoms with Gasteiger partial charge in [0.2, 0.25) is 0 Å². The third-order valence-electron chi connectivity index (χ3n) is 3.39. The number of halogens is 1. The Morgan fingerprint density at radius 2 is 2.20 bits per heavy atom. The van der Waals surface area contributed by atoms with Crippen LogP contribution in [0.4, 0.5) is 0 Å². The maximum absolute atomic E-state index is 5.94. The SMILES string of the molecule is CNC(Cc1ccc(Cl)s1)C1CCCC1. The van der Waals surface area contributed by atoms with Crippen LogP contribution >= 0.6 is 22.9 Å². The third kappa shape index (κ3) is 2.96. The summed E-state index contributed by atoms with van der Waals surface area (Å²) < 4.78 is 0.909. The van der Waals surface area contributed by atoms with Gasteiger partial charge in [-0.25, -0.2) is 0 Å². The van der Waals surface area contributed by atoms with Gasteiger partial charge in [-0.05, 0) is 44.4 Å². The largest absolute Gasteiger partial charge is 0.316 e. The Kier molecular flexibility index (Phi) is 4.06. The Hall–Kier alpha value is -0.0500. The first-order valence-electron chi connectivity index (χ1n) is 5.71. The molecular weight excluding hydrogens is 226 g/mol. The van der Waals surface area contributed by atoms with Crippen molar-refractivity contribution in [2.24, 2.45) is 5.92 Å². The van der Waals surface area contributed by atoms with E-state index in [1.807, 2.05) is 6.07 Å². The van der Waals surface area contributed by atoms with E-state index in [0.717, 1.165) is 16.7 Å². The van der Waals surface area contributed by atoms with Crippen molar-refractivity contribution in [1.29, 1.82) is 0 Å². The van der Waals surface area contributed by atoms with E-state index in [1.54, 1.807) is 11.3 Å².